The van der Waals surface area contributed by atoms with Crippen LogP contribution in [0.2, 0.25) is 0 Å². The molecule has 4 rings (SSSR count). The van der Waals surface area contributed by atoms with Gasteiger partial charge in [0.15, 0.2) is 0 Å². The highest BCUT2D eigenvalue weighted by molar-refractivity contribution is 5.95. The highest BCUT2D eigenvalue weighted by Gasteiger charge is 2.25. The van der Waals surface area contributed by atoms with Gasteiger partial charge < -0.3 is 15.0 Å². The molecular weight excluding hydrogens is 330 g/mol. The number of benzene rings is 2. The van der Waals surface area contributed by atoms with Gasteiger partial charge >= 0.3 is 0 Å². The molecule has 2 aromatic carbocycles. The number of rotatable bonds is 2. The molecule has 0 radical (unpaired) electrons. The van der Waals surface area contributed by atoms with Crippen molar-refractivity contribution in [3.63, 3.8) is 0 Å². The van der Waals surface area contributed by atoms with Gasteiger partial charge in [0.1, 0.15) is 12.4 Å². The maximum atomic E-state index is 11.8. The zero-order chi connectivity index (χ0) is 15.8. The largest absolute Gasteiger partial charge is 0.490 e. The predicted octanol–water partition coefficient (Wildman–Crippen LogP) is 2.55. The molecule has 126 valence electrons. The molecule has 2 aromatic rings. The number of ether oxygens (including phenoxy) is 1. The third-order valence-corrected chi connectivity index (χ3v) is 4.33. The van der Waals surface area contributed by atoms with Crippen molar-refractivity contribution in [3.05, 3.63) is 53.1 Å². The van der Waals surface area contributed by atoms with Crippen LogP contribution in [-0.2, 0) is 13.1 Å². The average Bonchev–Trinajstić information content (AvgIpc) is 3.04. The van der Waals surface area contributed by atoms with Crippen molar-refractivity contribution in [2.24, 2.45) is 0 Å². The Labute approximate surface area is 145 Å². The van der Waals surface area contributed by atoms with E-state index in [1.807, 2.05) is 24.3 Å². The van der Waals surface area contributed by atoms with Crippen LogP contribution in [0.5, 0.6) is 5.75 Å². The van der Waals surface area contributed by atoms with Crippen LogP contribution in [0.25, 0.3) is 0 Å². The normalized spacial score (nSPS) is 14.6. The number of hydroxylamine groups is 1. The van der Waals surface area contributed by atoms with E-state index in [2.05, 4.69) is 16.3 Å². The van der Waals surface area contributed by atoms with Crippen LogP contribution in [0, 0.1) is 0 Å². The Morgan fingerprint density at radius 1 is 1.25 bits per heavy atom. The van der Waals surface area contributed by atoms with Crippen molar-refractivity contribution in [1.29, 1.82) is 0 Å². The summed E-state index contributed by atoms with van der Waals surface area (Å²) in [5.41, 5.74) is 6.36. The van der Waals surface area contributed by atoms with E-state index in [1.165, 1.54) is 0 Å². The minimum Gasteiger partial charge on any atom is -0.490 e. The van der Waals surface area contributed by atoms with Gasteiger partial charge in [0.25, 0.3) is 5.91 Å². The average molecular weight is 348 g/mol. The van der Waals surface area contributed by atoms with Crippen molar-refractivity contribution in [1.82, 2.24) is 5.48 Å². The summed E-state index contributed by atoms with van der Waals surface area (Å²) in [4.78, 5) is 14.0. The standard InChI is InChI=1S/C17H17N3O3.ClH/c21-17(19-22)13-3-1-2-11-9-20(10-14(11)13)12-4-5-15-16(8-12)23-7-6-18-15;/h1-5,8,18,22H,6-7,9-10H2,(H,19,21);1H. The Kier molecular flexibility index (Phi) is 4.51. The van der Waals surface area contributed by atoms with E-state index in [1.54, 1.807) is 11.5 Å². The first-order chi connectivity index (χ1) is 11.3. The van der Waals surface area contributed by atoms with Crippen molar-refractivity contribution in [3.8, 4) is 5.75 Å². The first-order valence-corrected chi connectivity index (χ1v) is 7.57. The van der Waals surface area contributed by atoms with E-state index in [0.29, 0.717) is 18.7 Å². The third kappa shape index (κ3) is 2.74. The van der Waals surface area contributed by atoms with E-state index < -0.39 is 5.91 Å². The quantitative estimate of drug-likeness (QED) is 0.575. The predicted molar refractivity (Wildman–Crippen MR) is 93.3 cm³/mol. The summed E-state index contributed by atoms with van der Waals surface area (Å²) in [6.45, 7) is 2.85. The molecule has 2 aliphatic rings. The number of halogens is 1. The summed E-state index contributed by atoms with van der Waals surface area (Å²) >= 11 is 0. The van der Waals surface area contributed by atoms with Crippen molar-refractivity contribution in [2.45, 2.75) is 13.1 Å². The van der Waals surface area contributed by atoms with Crippen LogP contribution >= 0.6 is 12.4 Å². The summed E-state index contributed by atoms with van der Waals surface area (Å²) in [5.74, 6) is 0.389. The van der Waals surface area contributed by atoms with Crippen LogP contribution in [0.4, 0.5) is 11.4 Å². The highest BCUT2D eigenvalue weighted by atomic mass is 35.5. The summed E-state index contributed by atoms with van der Waals surface area (Å²) in [7, 11) is 0. The Hall–Kier alpha value is -2.44. The third-order valence-electron chi connectivity index (χ3n) is 4.33. The Morgan fingerprint density at radius 2 is 2.12 bits per heavy atom. The highest BCUT2D eigenvalue weighted by Crippen LogP contribution is 2.36. The maximum absolute atomic E-state index is 11.8. The van der Waals surface area contributed by atoms with E-state index in [9.17, 15) is 4.79 Å². The molecule has 1 amide bonds. The number of carbonyl (C=O) groups excluding carboxylic acids is 1. The SMILES string of the molecule is Cl.O=C(NO)c1cccc2c1CN(c1ccc3c(c1)OCCN3)C2. The first kappa shape index (κ1) is 16.4. The first-order valence-electron chi connectivity index (χ1n) is 7.57. The van der Waals surface area contributed by atoms with E-state index in [4.69, 9.17) is 9.94 Å². The van der Waals surface area contributed by atoms with Gasteiger partial charge in [-0.1, -0.05) is 12.1 Å². The second-order valence-corrected chi connectivity index (χ2v) is 5.70. The Morgan fingerprint density at radius 3 is 2.96 bits per heavy atom. The lowest BCUT2D eigenvalue weighted by atomic mass is 10.0. The molecule has 2 heterocycles. The number of amides is 1. The zero-order valence-electron chi connectivity index (χ0n) is 12.9. The van der Waals surface area contributed by atoms with Gasteiger partial charge in [0.2, 0.25) is 0 Å². The van der Waals surface area contributed by atoms with Gasteiger partial charge in [-0.25, -0.2) is 5.48 Å². The monoisotopic (exact) mass is 347 g/mol. The molecule has 6 nitrogen and oxygen atoms in total. The minimum atomic E-state index is -0.471. The molecule has 0 fully saturated rings. The number of fused-ring (bicyclic) bond motifs is 2. The lowest BCUT2D eigenvalue weighted by Gasteiger charge is -2.23. The molecular formula is C17H18ClN3O3. The smallest absolute Gasteiger partial charge is 0.274 e. The maximum Gasteiger partial charge on any atom is 0.274 e. The molecule has 0 spiro atoms. The molecule has 0 unspecified atom stereocenters. The summed E-state index contributed by atoms with van der Waals surface area (Å²) in [5, 5.41) is 12.2. The van der Waals surface area contributed by atoms with Gasteiger partial charge in [-0.05, 0) is 29.3 Å². The lowest BCUT2D eigenvalue weighted by Crippen LogP contribution is -2.21. The number of carbonyl (C=O) groups is 1. The van der Waals surface area contributed by atoms with E-state index in [-0.39, 0.29) is 12.4 Å². The van der Waals surface area contributed by atoms with Gasteiger partial charge in [0.05, 0.1) is 5.69 Å². The Bertz CT molecular complexity index is 782. The number of hydrogen-bond acceptors (Lipinski definition) is 5. The topological polar surface area (TPSA) is 73.8 Å². The van der Waals surface area contributed by atoms with Crippen LogP contribution in [0.15, 0.2) is 36.4 Å². The van der Waals surface area contributed by atoms with Crippen molar-refractivity contribution < 1.29 is 14.7 Å². The van der Waals surface area contributed by atoms with Gasteiger partial charge in [-0.3, -0.25) is 10.0 Å². The minimum absolute atomic E-state index is 0. The van der Waals surface area contributed by atoms with E-state index >= 15 is 0 Å². The second-order valence-electron chi connectivity index (χ2n) is 5.70. The molecule has 7 heteroatoms. The number of anilines is 2. The van der Waals surface area contributed by atoms with Crippen LogP contribution < -0.4 is 20.4 Å². The second kappa shape index (κ2) is 6.59. The van der Waals surface area contributed by atoms with Gasteiger partial charge in [-0.15, -0.1) is 12.4 Å². The molecule has 2 aliphatic heterocycles. The summed E-state index contributed by atoms with van der Waals surface area (Å²) in [6.07, 6.45) is 0. The fourth-order valence-electron chi connectivity index (χ4n) is 3.20. The fourth-order valence-corrected chi connectivity index (χ4v) is 3.20. The summed E-state index contributed by atoms with van der Waals surface area (Å²) in [6, 6.07) is 11.7. The van der Waals surface area contributed by atoms with Gasteiger partial charge in [0, 0.05) is 37.0 Å². The molecule has 0 aromatic heterocycles. The lowest BCUT2D eigenvalue weighted by molar-refractivity contribution is 0.0705. The summed E-state index contributed by atoms with van der Waals surface area (Å²) < 4.78 is 5.69. The number of nitrogens with zero attached hydrogens (tertiary/aromatic N) is 1. The molecule has 3 N–H and O–H groups in total. The van der Waals surface area contributed by atoms with Crippen molar-refractivity contribution in [2.75, 3.05) is 23.4 Å². The molecule has 0 bridgehead atoms. The van der Waals surface area contributed by atoms with Crippen LogP contribution in [0.1, 0.15) is 21.5 Å². The number of nitrogens with one attached hydrogen (secondary N) is 2. The number of hydrogen-bond donors (Lipinski definition) is 3. The van der Waals surface area contributed by atoms with E-state index in [0.717, 1.165) is 41.3 Å². The van der Waals surface area contributed by atoms with Crippen LogP contribution in [0.3, 0.4) is 0 Å². The van der Waals surface area contributed by atoms with Gasteiger partial charge in [-0.2, -0.15) is 0 Å². The Balaban J connectivity index is 0.00000169. The molecule has 0 saturated heterocycles. The molecule has 0 saturated carbocycles. The van der Waals surface area contributed by atoms with Crippen LogP contribution in [-0.4, -0.2) is 24.3 Å². The molecule has 0 aliphatic carbocycles. The van der Waals surface area contributed by atoms with Crippen molar-refractivity contribution >= 4 is 29.7 Å². The molecule has 0 atom stereocenters. The zero-order valence-corrected chi connectivity index (χ0v) is 13.7. The fraction of sp³-hybridized carbons (Fsp3) is 0.235. The molecule has 24 heavy (non-hydrogen) atoms.